The van der Waals surface area contributed by atoms with E-state index < -0.39 is 0 Å². The normalized spacial score (nSPS) is 16.6. The first kappa shape index (κ1) is 17.5. The van der Waals surface area contributed by atoms with Gasteiger partial charge < -0.3 is 4.90 Å². The lowest BCUT2D eigenvalue weighted by Gasteiger charge is -2.32. The molecule has 0 bridgehead atoms. The first-order valence-corrected chi connectivity index (χ1v) is 10.3. The van der Waals surface area contributed by atoms with Crippen LogP contribution in [0, 0.1) is 6.92 Å². The van der Waals surface area contributed by atoms with Crippen LogP contribution in [0.2, 0.25) is 4.34 Å². The molecular weight excluding hydrogens is 386 g/mol. The minimum Gasteiger partial charge on any atom is -0.333 e. The highest BCUT2D eigenvalue weighted by Crippen LogP contribution is 2.44. The summed E-state index contributed by atoms with van der Waals surface area (Å²) in [6.07, 6.45) is 3.44. The molecule has 1 amide bonds. The van der Waals surface area contributed by atoms with E-state index in [-0.39, 0.29) is 11.8 Å². The van der Waals surface area contributed by atoms with Crippen LogP contribution in [0.15, 0.2) is 36.4 Å². The van der Waals surface area contributed by atoms with Crippen LogP contribution in [0.1, 0.15) is 27.6 Å². The second-order valence-corrected chi connectivity index (χ2v) is 9.10. The van der Waals surface area contributed by atoms with Crippen molar-refractivity contribution in [3.8, 4) is 10.4 Å². The molecule has 0 spiro atoms. The molecule has 26 heavy (non-hydrogen) atoms. The molecule has 0 aromatic carbocycles. The zero-order valence-corrected chi connectivity index (χ0v) is 16.9. The minimum absolute atomic E-state index is 0.0421. The highest BCUT2D eigenvalue weighted by atomic mass is 35.5. The number of aromatic nitrogens is 2. The van der Waals surface area contributed by atoms with E-state index in [1.165, 1.54) is 22.1 Å². The van der Waals surface area contributed by atoms with E-state index in [9.17, 15) is 4.79 Å². The molecule has 1 aliphatic heterocycles. The highest BCUT2D eigenvalue weighted by molar-refractivity contribution is 7.16. The molecule has 0 radical (unpaired) electrons. The SMILES string of the molecule is C=CC(=O)N1Cc2sc(Cl)cc2[C@H](c2ccsc2-c2cn(C)nc2C)C1. The zero-order valence-electron chi connectivity index (χ0n) is 14.5. The molecular formula is C19H18ClN3OS2. The van der Waals surface area contributed by atoms with Crippen molar-refractivity contribution < 1.29 is 4.79 Å². The van der Waals surface area contributed by atoms with Gasteiger partial charge in [-0.3, -0.25) is 9.48 Å². The van der Waals surface area contributed by atoms with Gasteiger partial charge in [0.25, 0.3) is 0 Å². The lowest BCUT2D eigenvalue weighted by atomic mass is 9.87. The zero-order chi connectivity index (χ0) is 18.4. The average Bonchev–Trinajstić information content (AvgIpc) is 3.30. The van der Waals surface area contributed by atoms with Crippen LogP contribution in [0.3, 0.4) is 0 Å². The molecule has 3 aromatic heterocycles. The maximum Gasteiger partial charge on any atom is 0.246 e. The van der Waals surface area contributed by atoms with Gasteiger partial charge in [-0.15, -0.1) is 22.7 Å². The van der Waals surface area contributed by atoms with Crippen molar-refractivity contribution in [2.24, 2.45) is 7.05 Å². The van der Waals surface area contributed by atoms with Crippen molar-refractivity contribution in [1.82, 2.24) is 14.7 Å². The molecule has 1 atom stereocenters. The number of rotatable bonds is 3. The van der Waals surface area contributed by atoms with E-state index in [2.05, 4.69) is 35.4 Å². The van der Waals surface area contributed by atoms with Crippen molar-refractivity contribution >= 4 is 40.2 Å². The molecule has 0 saturated carbocycles. The first-order valence-electron chi connectivity index (χ1n) is 8.25. The van der Waals surface area contributed by atoms with Gasteiger partial charge in [-0.05, 0) is 41.6 Å². The summed E-state index contributed by atoms with van der Waals surface area (Å²) in [5.41, 5.74) is 4.61. The Morgan fingerprint density at radius 2 is 2.27 bits per heavy atom. The number of hydrogen-bond acceptors (Lipinski definition) is 4. The molecule has 7 heteroatoms. The Morgan fingerprint density at radius 1 is 1.46 bits per heavy atom. The van der Waals surface area contributed by atoms with E-state index in [1.807, 2.05) is 23.6 Å². The summed E-state index contributed by atoms with van der Waals surface area (Å²) >= 11 is 9.58. The lowest BCUT2D eigenvalue weighted by molar-refractivity contribution is -0.127. The number of nitrogens with zero attached hydrogens (tertiary/aromatic N) is 3. The summed E-state index contributed by atoms with van der Waals surface area (Å²) in [5.74, 6) is 0.0618. The van der Waals surface area contributed by atoms with Crippen LogP contribution in [0.4, 0.5) is 0 Å². The van der Waals surface area contributed by atoms with Crippen LogP contribution < -0.4 is 0 Å². The second kappa shape index (κ2) is 6.68. The molecule has 4 nitrogen and oxygen atoms in total. The van der Waals surface area contributed by atoms with E-state index in [0.29, 0.717) is 13.1 Å². The van der Waals surface area contributed by atoms with Crippen LogP contribution >= 0.6 is 34.3 Å². The fraction of sp³-hybridized carbons (Fsp3) is 0.263. The third kappa shape index (κ3) is 2.92. The van der Waals surface area contributed by atoms with Gasteiger partial charge in [-0.25, -0.2) is 0 Å². The number of fused-ring (bicyclic) bond motifs is 1. The average molecular weight is 404 g/mol. The molecule has 1 aliphatic rings. The maximum absolute atomic E-state index is 12.3. The Balaban J connectivity index is 1.82. The number of hydrogen-bond donors (Lipinski definition) is 0. The Morgan fingerprint density at radius 3 is 2.96 bits per heavy atom. The van der Waals surface area contributed by atoms with Crippen molar-refractivity contribution in [3.63, 3.8) is 0 Å². The third-order valence-corrected chi connectivity index (χ3v) is 6.97. The first-order chi connectivity index (χ1) is 12.5. The standard InChI is InChI=1S/C19H18ClN3OS2/c1-4-18(24)23-9-15(13-7-17(20)26-16(13)10-23)12-5-6-25-19(12)14-8-22(3)21-11(14)2/h4-8,15H,1,9-10H2,2-3H3/t15-/m0/s1. The number of carbonyl (C=O) groups is 1. The molecule has 0 unspecified atom stereocenters. The topological polar surface area (TPSA) is 38.1 Å². The monoisotopic (exact) mass is 403 g/mol. The largest absolute Gasteiger partial charge is 0.333 e. The number of halogens is 1. The van der Waals surface area contributed by atoms with Crippen LogP contribution in [-0.2, 0) is 18.4 Å². The minimum atomic E-state index is -0.0421. The summed E-state index contributed by atoms with van der Waals surface area (Å²) in [7, 11) is 1.94. The summed E-state index contributed by atoms with van der Waals surface area (Å²) in [5, 5.41) is 6.59. The maximum atomic E-state index is 12.3. The molecule has 0 aliphatic carbocycles. The molecule has 4 heterocycles. The summed E-state index contributed by atoms with van der Waals surface area (Å²) in [6, 6.07) is 4.22. The van der Waals surface area contributed by atoms with Gasteiger partial charge >= 0.3 is 0 Å². The van der Waals surface area contributed by atoms with Gasteiger partial charge in [0, 0.05) is 41.0 Å². The van der Waals surface area contributed by atoms with E-state index >= 15 is 0 Å². The molecule has 134 valence electrons. The number of thiophene rings is 2. The molecule has 3 aromatic rings. The quantitative estimate of drug-likeness (QED) is 0.587. The van der Waals surface area contributed by atoms with Crippen molar-refractivity contribution in [2.45, 2.75) is 19.4 Å². The molecule has 0 fully saturated rings. The van der Waals surface area contributed by atoms with Crippen LogP contribution in [0.25, 0.3) is 10.4 Å². The number of aryl methyl sites for hydroxylation is 2. The van der Waals surface area contributed by atoms with Gasteiger partial charge in [0.15, 0.2) is 0 Å². The summed E-state index contributed by atoms with van der Waals surface area (Å²) < 4.78 is 2.61. The van der Waals surface area contributed by atoms with Gasteiger partial charge in [-0.1, -0.05) is 18.2 Å². The molecule has 4 rings (SSSR count). The predicted octanol–water partition coefficient (Wildman–Crippen LogP) is 4.83. The predicted molar refractivity (Wildman–Crippen MR) is 108 cm³/mol. The van der Waals surface area contributed by atoms with Crippen molar-refractivity contribution in [2.75, 3.05) is 6.54 Å². The fourth-order valence-corrected chi connectivity index (χ4v) is 5.96. The smallest absolute Gasteiger partial charge is 0.246 e. The second-order valence-electron chi connectivity index (χ2n) is 6.41. The van der Waals surface area contributed by atoms with Gasteiger partial charge in [0.2, 0.25) is 5.91 Å². The lowest BCUT2D eigenvalue weighted by Crippen LogP contribution is -2.36. The Bertz CT molecular complexity index is 1000. The molecule has 0 N–H and O–H groups in total. The van der Waals surface area contributed by atoms with Crippen LogP contribution in [0.5, 0.6) is 0 Å². The Labute approximate surface area is 165 Å². The van der Waals surface area contributed by atoms with Gasteiger partial charge in [0.05, 0.1) is 16.6 Å². The van der Waals surface area contributed by atoms with Crippen LogP contribution in [-0.4, -0.2) is 27.1 Å². The summed E-state index contributed by atoms with van der Waals surface area (Å²) in [6.45, 7) is 6.90. The number of carbonyl (C=O) groups excluding carboxylic acids is 1. The Kier molecular flexibility index (Phi) is 4.50. The molecule has 0 saturated heterocycles. The Hall–Kier alpha value is -1.89. The number of amides is 1. The van der Waals surface area contributed by atoms with Gasteiger partial charge in [-0.2, -0.15) is 5.10 Å². The van der Waals surface area contributed by atoms with E-state index in [1.54, 1.807) is 22.7 Å². The summed E-state index contributed by atoms with van der Waals surface area (Å²) in [4.78, 5) is 16.5. The van der Waals surface area contributed by atoms with E-state index in [0.717, 1.165) is 20.5 Å². The van der Waals surface area contributed by atoms with E-state index in [4.69, 9.17) is 11.6 Å². The highest BCUT2D eigenvalue weighted by Gasteiger charge is 2.32. The fourth-order valence-electron chi connectivity index (χ4n) is 3.58. The third-order valence-electron chi connectivity index (χ3n) is 4.74. The van der Waals surface area contributed by atoms with Crippen molar-refractivity contribution in [3.05, 3.63) is 62.4 Å². The van der Waals surface area contributed by atoms with Crippen molar-refractivity contribution in [1.29, 1.82) is 0 Å². The van der Waals surface area contributed by atoms with Gasteiger partial charge in [0.1, 0.15) is 0 Å².